The number of hydrogen-bond donors (Lipinski definition) is 1. The van der Waals surface area contributed by atoms with Crippen molar-refractivity contribution in [3.8, 4) is 0 Å². The van der Waals surface area contributed by atoms with Gasteiger partial charge in [-0.3, -0.25) is 4.79 Å². The van der Waals surface area contributed by atoms with E-state index in [2.05, 4.69) is 20.1 Å². The molecule has 0 aliphatic carbocycles. The Balaban J connectivity index is 1.59. The van der Waals surface area contributed by atoms with Gasteiger partial charge in [-0.2, -0.15) is 11.8 Å². The Morgan fingerprint density at radius 1 is 1.46 bits per heavy atom. The number of nitrogens with one attached hydrogen (secondary N) is 1. The molecule has 3 rings (SSSR count). The summed E-state index contributed by atoms with van der Waals surface area (Å²) in [4.78, 5) is 12.4. The number of thioether (sulfide) groups is 1. The van der Waals surface area contributed by atoms with Crippen LogP contribution < -0.4 is 5.32 Å². The summed E-state index contributed by atoms with van der Waals surface area (Å²) in [5, 5.41) is 11.5. The Labute approximate surface area is 145 Å². The summed E-state index contributed by atoms with van der Waals surface area (Å²) in [6.07, 6.45) is 4.47. The highest BCUT2D eigenvalue weighted by Crippen LogP contribution is 2.17. The van der Waals surface area contributed by atoms with E-state index in [1.807, 2.05) is 12.3 Å². The maximum absolute atomic E-state index is 12.4. The van der Waals surface area contributed by atoms with Crippen molar-refractivity contribution in [1.82, 2.24) is 20.1 Å². The number of carbonyl (C=O) groups is 1. The molecular weight excluding hydrogens is 328 g/mol. The summed E-state index contributed by atoms with van der Waals surface area (Å²) in [6.45, 7) is 1.23. The molecule has 0 saturated carbocycles. The molecule has 0 saturated heterocycles. The third-order valence-corrected chi connectivity index (χ3v) is 4.68. The van der Waals surface area contributed by atoms with Crippen molar-refractivity contribution in [1.29, 1.82) is 0 Å². The van der Waals surface area contributed by atoms with Crippen LogP contribution in [0.4, 0.5) is 0 Å². The average molecular weight is 350 g/mol. The molecule has 1 aliphatic rings. The Morgan fingerprint density at radius 3 is 3.12 bits per heavy atom. The Hall–Kier alpha value is -1.80. The van der Waals surface area contributed by atoms with E-state index in [-0.39, 0.29) is 11.9 Å². The van der Waals surface area contributed by atoms with Gasteiger partial charge in [-0.15, -0.1) is 10.2 Å². The van der Waals surface area contributed by atoms with Gasteiger partial charge in [0.1, 0.15) is 18.2 Å². The smallest absolute Gasteiger partial charge is 0.287 e. The second kappa shape index (κ2) is 7.85. The Morgan fingerprint density at radius 2 is 2.33 bits per heavy atom. The first-order valence-corrected chi connectivity index (χ1v) is 9.39. The number of amides is 1. The predicted molar refractivity (Wildman–Crippen MR) is 90.9 cm³/mol. The van der Waals surface area contributed by atoms with Crippen LogP contribution in [0.15, 0.2) is 16.5 Å². The van der Waals surface area contributed by atoms with Gasteiger partial charge in [0, 0.05) is 26.1 Å². The van der Waals surface area contributed by atoms with Gasteiger partial charge >= 0.3 is 0 Å². The number of aromatic nitrogens is 3. The molecule has 0 bridgehead atoms. The zero-order valence-corrected chi connectivity index (χ0v) is 14.8. The van der Waals surface area contributed by atoms with Crippen LogP contribution in [0.1, 0.15) is 40.8 Å². The SMILES string of the molecule is COCc1nnc2n1CCC(NC(=O)c1ccc(CSC)o1)CC2. The molecule has 24 heavy (non-hydrogen) atoms. The van der Waals surface area contributed by atoms with Crippen LogP contribution in [0.2, 0.25) is 0 Å². The number of furan rings is 1. The monoisotopic (exact) mass is 350 g/mol. The lowest BCUT2D eigenvalue weighted by Crippen LogP contribution is -2.35. The van der Waals surface area contributed by atoms with Gasteiger partial charge in [0.05, 0.1) is 5.75 Å². The summed E-state index contributed by atoms with van der Waals surface area (Å²) >= 11 is 1.67. The number of fused-ring (bicyclic) bond motifs is 1. The highest BCUT2D eigenvalue weighted by Gasteiger charge is 2.22. The van der Waals surface area contributed by atoms with E-state index in [1.54, 1.807) is 24.9 Å². The van der Waals surface area contributed by atoms with Gasteiger partial charge in [0.25, 0.3) is 5.91 Å². The zero-order chi connectivity index (χ0) is 16.9. The molecule has 0 radical (unpaired) electrons. The van der Waals surface area contributed by atoms with E-state index in [1.165, 1.54) is 0 Å². The van der Waals surface area contributed by atoms with Crippen LogP contribution in [0.3, 0.4) is 0 Å². The second-order valence-electron chi connectivity index (χ2n) is 5.81. The van der Waals surface area contributed by atoms with E-state index in [4.69, 9.17) is 9.15 Å². The number of carbonyl (C=O) groups excluding carboxylic acids is 1. The average Bonchev–Trinajstić information content (AvgIpc) is 3.13. The quantitative estimate of drug-likeness (QED) is 0.858. The van der Waals surface area contributed by atoms with Crippen molar-refractivity contribution >= 4 is 17.7 Å². The molecule has 1 atom stereocenters. The first kappa shape index (κ1) is 17.0. The van der Waals surface area contributed by atoms with Crippen molar-refractivity contribution < 1.29 is 13.9 Å². The van der Waals surface area contributed by atoms with Crippen LogP contribution in [-0.2, 0) is 30.1 Å². The third kappa shape index (κ3) is 3.81. The normalized spacial score (nSPS) is 17.3. The first-order valence-electron chi connectivity index (χ1n) is 7.99. The maximum Gasteiger partial charge on any atom is 0.287 e. The molecule has 1 amide bonds. The number of aryl methyl sites for hydroxylation is 1. The van der Waals surface area contributed by atoms with Gasteiger partial charge in [0.2, 0.25) is 0 Å². The van der Waals surface area contributed by atoms with E-state index < -0.39 is 0 Å². The zero-order valence-electron chi connectivity index (χ0n) is 13.9. The number of methoxy groups -OCH3 is 1. The largest absolute Gasteiger partial charge is 0.455 e. The van der Waals surface area contributed by atoms with E-state index in [0.717, 1.165) is 49.0 Å². The summed E-state index contributed by atoms with van der Waals surface area (Å²) in [6, 6.07) is 3.70. The summed E-state index contributed by atoms with van der Waals surface area (Å²) in [5.41, 5.74) is 0. The number of nitrogens with zero attached hydrogens (tertiary/aromatic N) is 3. The lowest BCUT2D eigenvalue weighted by atomic mass is 10.1. The molecule has 130 valence electrons. The van der Waals surface area contributed by atoms with Crippen LogP contribution >= 0.6 is 11.8 Å². The van der Waals surface area contributed by atoms with Crippen molar-refractivity contribution in [2.75, 3.05) is 13.4 Å². The minimum atomic E-state index is -0.151. The predicted octanol–water partition coefficient (Wildman–Crippen LogP) is 2.02. The minimum Gasteiger partial charge on any atom is -0.455 e. The third-order valence-electron chi connectivity index (χ3n) is 4.10. The maximum atomic E-state index is 12.4. The summed E-state index contributed by atoms with van der Waals surface area (Å²) in [5.74, 6) is 3.62. The Bertz CT molecular complexity index is 697. The standard InChI is InChI=1S/C16H22N4O3S/c1-22-9-15-19-18-14-6-3-11(7-8-20(14)15)17-16(21)13-5-4-12(23-13)10-24-2/h4-5,11H,3,6-10H2,1-2H3,(H,17,21). The molecule has 7 nitrogen and oxygen atoms in total. The van der Waals surface area contributed by atoms with Gasteiger partial charge in [-0.1, -0.05) is 0 Å². The first-order chi connectivity index (χ1) is 11.7. The molecule has 1 aliphatic heterocycles. The molecule has 2 aromatic heterocycles. The number of rotatable bonds is 6. The Kier molecular flexibility index (Phi) is 5.57. The van der Waals surface area contributed by atoms with Gasteiger partial charge in [-0.05, 0) is 31.2 Å². The minimum absolute atomic E-state index is 0.101. The van der Waals surface area contributed by atoms with Crippen molar-refractivity contribution in [2.45, 2.75) is 44.2 Å². The number of hydrogen-bond acceptors (Lipinski definition) is 6. The lowest BCUT2D eigenvalue weighted by Gasteiger charge is -2.15. The summed E-state index contributed by atoms with van der Waals surface area (Å²) < 4.78 is 12.8. The molecule has 3 heterocycles. The van der Waals surface area contributed by atoms with E-state index in [9.17, 15) is 4.79 Å². The van der Waals surface area contributed by atoms with Crippen molar-refractivity contribution in [3.05, 3.63) is 35.3 Å². The van der Waals surface area contributed by atoms with Crippen LogP contribution in [-0.4, -0.2) is 40.1 Å². The lowest BCUT2D eigenvalue weighted by molar-refractivity contribution is 0.0903. The molecule has 8 heteroatoms. The molecule has 0 fully saturated rings. The van der Waals surface area contributed by atoms with Crippen LogP contribution in [0, 0.1) is 0 Å². The molecule has 2 aromatic rings. The van der Waals surface area contributed by atoms with E-state index in [0.29, 0.717) is 12.4 Å². The second-order valence-corrected chi connectivity index (χ2v) is 6.68. The fraction of sp³-hybridized carbons (Fsp3) is 0.562. The topological polar surface area (TPSA) is 82.2 Å². The van der Waals surface area contributed by atoms with Crippen molar-refractivity contribution in [3.63, 3.8) is 0 Å². The number of ether oxygens (including phenoxy) is 1. The highest BCUT2D eigenvalue weighted by atomic mass is 32.2. The van der Waals surface area contributed by atoms with Gasteiger partial charge in [-0.25, -0.2) is 0 Å². The molecule has 1 unspecified atom stereocenters. The van der Waals surface area contributed by atoms with Crippen molar-refractivity contribution in [2.24, 2.45) is 0 Å². The fourth-order valence-electron chi connectivity index (χ4n) is 2.90. The summed E-state index contributed by atoms with van der Waals surface area (Å²) in [7, 11) is 1.65. The molecule has 0 aromatic carbocycles. The molecular formula is C16H22N4O3S. The van der Waals surface area contributed by atoms with E-state index >= 15 is 0 Å². The fourth-order valence-corrected chi connectivity index (χ4v) is 3.34. The van der Waals surface area contributed by atoms with Crippen LogP contribution in [0.5, 0.6) is 0 Å². The van der Waals surface area contributed by atoms with Crippen LogP contribution in [0.25, 0.3) is 0 Å². The molecule has 1 N–H and O–H groups in total. The van der Waals surface area contributed by atoms with Gasteiger partial charge < -0.3 is 19.0 Å². The molecule has 0 spiro atoms. The highest BCUT2D eigenvalue weighted by molar-refractivity contribution is 7.97. The van der Waals surface area contributed by atoms with Gasteiger partial charge in [0.15, 0.2) is 11.6 Å².